The van der Waals surface area contributed by atoms with Gasteiger partial charge in [-0.3, -0.25) is 10.2 Å². The Hall–Kier alpha value is -2.45. The van der Waals surface area contributed by atoms with Crippen LogP contribution in [0.1, 0.15) is 24.0 Å². The van der Waals surface area contributed by atoms with E-state index in [0.717, 1.165) is 48.6 Å². The number of fused-ring (bicyclic) bond motifs is 1. The van der Waals surface area contributed by atoms with Gasteiger partial charge in [-0.25, -0.2) is 8.78 Å². The fourth-order valence-electron chi connectivity index (χ4n) is 3.56. The largest absolute Gasteiger partial charge is 0.493 e. The number of thioether (sulfide) groups is 1. The van der Waals surface area contributed by atoms with Crippen LogP contribution in [0.15, 0.2) is 42.5 Å². The van der Waals surface area contributed by atoms with Gasteiger partial charge in [0.2, 0.25) is 5.91 Å². The smallest absolute Gasteiger partial charge is 0.221 e. The first-order valence-corrected chi connectivity index (χ1v) is 10.3. The number of amides is 1. The molecule has 2 aliphatic rings. The average Bonchev–Trinajstić information content (AvgIpc) is 2.67. The number of carbonyl (C=O) groups is 1. The van der Waals surface area contributed by atoms with E-state index in [2.05, 4.69) is 10.6 Å². The zero-order valence-electron chi connectivity index (χ0n) is 15.6. The number of ether oxygens (including phenoxy) is 1. The Morgan fingerprint density at radius 2 is 2.07 bits per heavy atom. The minimum atomic E-state index is -0.987. The van der Waals surface area contributed by atoms with Crippen molar-refractivity contribution < 1.29 is 18.3 Å². The number of nitrogens with one attached hydrogen (secondary N) is 3. The fraction of sp³-hybridized carbons (Fsp3) is 0.333. The number of hydrogen-bond acceptors (Lipinski definition) is 5. The molecule has 4 rings (SSSR count). The molecule has 152 valence electrons. The summed E-state index contributed by atoms with van der Waals surface area (Å²) < 4.78 is 33.6. The second-order valence-electron chi connectivity index (χ2n) is 7.25. The molecule has 0 saturated carbocycles. The topological polar surface area (TPSA) is 74.2 Å². The zero-order chi connectivity index (χ0) is 20.4. The molecule has 5 nitrogen and oxygen atoms in total. The minimum Gasteiger partial charge on any atom is -0.493 e. The number of carbonyl (C=O) groups excluding carboxylic acids is 1. The van der Waals surface area contributed by atoms with Gasteiger partial charge < -0.3 is 15.4 Å². The van der Waals surface area contributed by atoms with E-state index < -0.39 is 16.5 Å². The first kappa shape index (κ1) is 19.8. The van der Waals surface area contributed by atoms with Crippen molar-refractivity contribution in [3.8, 4) is 5.75 Å². The summed E-state index contributed by atoms with van der Waals surface area (Å²) in [4.78, 5) is 11.8. The molecule has 0 spiro atoms. The monoisotopic (exact) mass is 417 g/mol. The van der Waals surface area contributed by atoms with Crippen molar-refractivity contribution in [3.05, 3.63) is 65.2 Å². The summed E-state index contributed by atoms with van der Waals surface area (Å²) in [6, 6.07) is 10.3. The number of halogens is 2. The van der Waals surface area contributed by atoms with Crippen molar-refractivity contribution in [2.45, 2.75) is 17.7 Å². The summed E-state index contributed by atoms with van der Waals surface area (Å²) >= 11 is 1.02. The summed E-state index contributed by atoms with van der Waals surface area (Å²) in [6.45, 7) is 1.95. The van der Waals surface area contributed by atoms with Gasteiger partial charge in [0.05, 0.1) is 11.7 Å². The van der Waals surface area contributed by atoms with E-state index in [1.54, 1.807) is 6.07 Å². The summed E-state index contributed by atoms with van der Waals surface area (Å²) in [5.41, 5.74) is 0.591. The summed E-state index contributed by atoms with van der Waals surface area (Å²) in [5, 5.41) is 14.5. The van der Waals surface area contributed by atoms with Crippen LogP contribution in [0.5, 0.6) is 5.75 Å². The van der Waals surface area contributed by atoms with E-state index >= 15 is 0 Å². The Morgan fingerprint density at radius 3 is 2.83 bits per heavy atom. The molecule has 1 saturated heterocycles. The lowest BCUT2D eigenvalue weighted by molar-refractivity contribution is -0.123. The fourth-order valence-corrected chi connectivity index (χ4v) is 4.80. The van der Waals surface area contributed by atoms with Crippen molar-refractivity contribution in [1.29, 1.82) is 5.41 Å². The van der Waals surface area contributed by atoms with Gasteiger partial charge in [0, 0.05) is 24.0 Å². The van der Waals surface area contributed by atoms with Crippen molar-refractivity contribution in [1.82, 2.24) is 10.6 Å². The van der Waals surface area contributed by atoms with Crippen LogP contribution in [0.3, 0.4) is 0 Å². The quantitative estimate of drug-likeness (QED) is 0.396. The third-order valence-electron chi connectivity index (χ3n) is 5.16. The molecule has 8 heteroatoms. The van der Waals surface area contributed by atoms with Crippen molar-refractivity contribution >= 4 is 22.7 Å². The third-order valence-corrected chi connectivity index (χ3v) is 6.46. The molecule has 1 unspecified atom stereocenters. The molecule has 3 N–H and O–H groups in total. The maximum Gasteiger partial charge on any atom is 0.221 e. The van der Waals surface area contributed by atoms with Crippen LogP contribution in [-0.4, -0.2) is 30.6 Å². The second kappa shape index (κ2) is 8.12. The highest BCUT2D eigenvalue weighted by atomic mass is 32.2. The number of para-hydroxylation sites is 1. The Kier molecular flexibility index (Phi) is 5.56. The Labute approximate surface area is 171 Å². The van der Waals surface area contributed by atoms with Gasteiger partial charge in [0.25, 0.3) is 0 Å². The van der Waals surface area contributed by atoms with Crippen molar-refractivity contribution in [2.75, 3.05) is 19.7 Å². The predicted octanol–water partition coefficient (Wildman–Crippen LogP) is 3.38. The van der Waals surface area contributed by atoms with Crippen LogP contribution < -0.4 is 15.4 Å². The van der Waals surface area contributed by atoms with E-state index in [4.69, 9.17) is 10.1 Å². The Bertz CT molecular complexity index is 951. The molecule has 1 amide bonds. The maximum absolute atomic E-state index is 14.2. The molecule has 0 aromatic heterocycles. The third kappa shape index (κ3) is 4.13. The SMILES string of the molecule is N=C(SC1(NC(=O)CC2CNC2)CCOc2ccccc21)c1cc(F)ccc1F. The summed E-state index contributed by atoms with van der Waals surface area (Å²) in [6.07, 6.45) is 0.780. The van der Waals surface area contributed by atoms with E-state index in [1.807, 2.05) is 18.2 Å². The molecular weight excluding hydrogens is 396 g/mol. The minimum absolute atomic E-state index is 0.129. The molecule has 0 radical (unpaired) electrons. The van der Waals surface area contributed by atoms with Gasteiger partial charge in [0.1, 0.15) is 22.3 Å². The molecule has 29 heavy (non-hydrogen) atoms. The molecule has 1 atom stereocenters. The number of benzene rings is 2. The average molecular weight is 417 g/mol. The zero-order valence-corrected chi connectivity index (χ0v) is 16.5. The van der Waals surface area contributed by atoms with E-state index in [-0.39, 0.29) is 22.4 Å². The summed E-state index contributed by atoms with van der Waals surface area (Å²) in [7, 11) is 0. The molecule has 2 aliphatic heterocycles. The molecule has 0 aliphatic carbocycles. The molecular formula is C21H21F2N3O2S. The van der Waals surface area contributed by atoms with Gasteiger partial charge in [0.15, 0.2) is 0 Å². The highest BCUT2D eigenvalue weighted by Crippen LogP contribution is 2.46. The van der Waals surface area contributed by atoms with Gasteiger partial charge in [-0.1, -0.05) is 30.0 Å². The Balaban J connectivity index is 1.66. The van der Waals surface area contributed by atoms with Gasteiger partial charge in [-0.15, -0.1) is 0 Å². The first-order chi connectivity index (χ1) is 14.0. The predicted molar refractivity (Wildman–Crippen MR) is 108 cm³/mol. The molecule has 2 heterocycles. The van der Waals surface area contributed by atoms with Gasteiger partial charge >= 0.3 is 0 Å². The lowest BCUT2D eigenvalue weighted by Gasteiger charge is -2.39. The maximum atomic E-state index is 14.2. The first-order valence-electron chi connectivity index (χ1n) is 9.44. The highest BCUT2D eigenvalue weighted by Gasteiger charge is 2.42. The highest BCUT2D eigenvalue weighted by molar-refractivity contribution is 8.15. The lowest BCUT2D eigenvalue weighted by atomic mass is 9.96. The van der Waals surface area contributed by atoms with Crippen LogP contribution in [0.4, 0.5) is 8.78 Å². The second-order valence-corrected chi connectivity index (χ2v) is 8.56. The standard InChI is InChI=1S/C21H21F2N3O2S/c22-14-5-6-17(23)15(10-14)20(24)29-21(26-19(27)9-13-11-25-12-13)7-8-28-18-4-2-1-3-16(18)21/h1-6,10,13,24-25H,7-9,11-12H2,(H,26,27). The van der Waals surface area contributed by atoms with Crippen molar-refractivity contribution in [3.63, 3.8) is 0 Å². The molecule has 1 fully saturated rings. The van der Waals surface area contributed by atoms with Crippen molar-refractivity contribution in [2.24, 2.45) is 5.92 Å². The van der Waals surface area contributed by atoms with E-state index in [0.29, 0.717) is 25.2 Å². The molecule has 2 aromatic rings. The van der Waals surface area contributed by atoms with Crippen LogP contribution in [0.25, 0.3) is 0 Å². The van der Waals surface area contributed by atoms with Crippen LogP contribution in [0, 0.1) is 23.0 Å². The normalized spacial score (nSPS) is 20.9. The van der Waals surface area contributed by atoms with Crippen LogP contribution in [0.2, 0.25) is 0 Å². The van der Waals surface area contributed by atoms with Gasteiger partial charge in [-0.05, 0) is 43.3 Å². The van der Waals surface area contributed by atoms with E-state index in [1.165, 1.54) is 0 Å². The molecule has 0 bridgehead atoms. The molecule has 2 aromatic carbocycles. The van der Waals surface area contributed by atoms with E-state index in [9.17, 15) is 13.6 Å². The number of hydrogen-bond donors (Lipinski definition) is 3. The van der Waals surface area contributed by atoms with Crippen LogP contribution in [-0.2, 0) is 9.67 Å². The number of rotatable bonds is 5. The Morgan fingerprint density at radius 1 is 1.28 bits per heavy atom. The summed E-state index contributed by atoms with van der Waals surface area (Å²) in [5.74, 6) is -0.522. The lowest BCUT2D eigenvalue weighted by Crippen LogP contribution is -2.50. The van der Waals surface area contributed by atoms with Crippen LogP contribution >= 0.6 is 11.8 Å². The van der Waals surface area contributed by atoms with Gasteiger partial charge in [-0.2, -0.15) is 0 Å².